The number of ether oxygens (including phenoxy) is 1. The minimum absolute atomic E-state index is 0.0540. The molecule has 3 rings (SSSR count). The van der Waals surface area contributed by atoms with E-state index in [0.29, 0.717) is 16.3 Å². The summed E-state index contributed by atoms with van der Waals surface area (Å²) in [4.78, 5) is 13.3. The highest BCUT2D eigenvalue weighted by molar-refractivity contribution is 6.31. The van der Waals surface area contributed by atoms with Gasteiger partial charge in [0.15, 0.2) is 5.72 Å². The van der Waals surface area contributed by atoms with Gasteiger partial charge in [-0.25, -0.2) is 0 Å². The first-order valence-electron chi connectivity index (χ1n) is 8.57. The molecule has 0 spiro atoms. The summed E-state index contributed by atoms with van der Waals surface area (Å²) in [5.41, 5.74) is 1.31. The van der Waals surface area contributed by atoms with E-state index < -0.39 is 10.6 Å². The Balaban J connectivity index is 2.09. The number of benzene rings is 1. The van der Waals surface area contributed by atoms with Gasteiger partial charge in [0.05, 0.1) is 4.92 Å². The minimum Gasteiger partial charge on any atom is -0.461 e. The van der Waals surface area contributed by atoms with Gasteiger partial charge in [0.2, 0.25) is 5.75 Å². The molecule has 1 unspecified atom stereocenters. The number of unbranched alkanes of at least 4 members (excludes halogenated alkanes) is 1. The van der Waals surface area contributed by atoms with Crippen molar-refractivity contribution >= 4 is 23.4 Å². The highest BCUT2D eigenvalue weighted by atomic mass is 35.5. The maximum Gasteiger partial charge on any atom is 0.313 e. The number of rotatable bonds is 5. The zero-order chi connectivity index (χ0) is 17.3. The van der Waals surface area contributed by atoms with Crippen molar-refractivity contribution in [1.29, 1.82) is 0 Å². The molecule has 5 nitrogen and oxygen atoms in total. The van der Waals surface area contributed by atoms with Gasteiger partial charge in [-0.3, -0.25) is 15.0 Å². The maximum absolute atomic E-state index is 11.5. The van der Waals surface area contributed by atoms with Crippen LogP contribution in [0.15, 0.2) is 17.7 Å². The van der Waals surface area contributed by atoms with E-state index in [9.17, 15) is 10.1 Å². The summed E-state index contributed by atoms with van der Waals surface area (Å²) in [5.74, 6) is 0.346. The van der Waals surface area contributed by atoms with Crippen LogP contribution >= 0.6 is 11.6 Å². The normalized spacial score (nSPS) is 22.4. The lowest BCUT2D eigenvalue weighted by molar-refractivity contribution is -0.386. The molecular formula is C18H23ClN2O3. The zero-order valence-electron chi connectivity index (χ0n) is 14.2. The molecule has 0 bridgehead atoms. The Morgan fingerprint density at radius 3 is 2.92 bits per heavy atom. The van der Waals surface area contributed by atoms with Crippen LogP contribution in [0.4, 0.5) is 5.69 Å². The molecular weight excluding hydrogens is 328 g/mol. The second-order valence-electron chi connectivity index (χ2n) is 6.64. The maximum atomic E-state index is 11.5. The quantitative estimate of drug-likeness (QED) is 0.552. The van der Waals surface area contributed by atoms with Gasteiger partial charge in [-0.15, -0.1) is 0 Å². The average molecular weight is 351 g/mol. The van der Waals surface area contributed by atoms with Crippen molar-refractivity contribution in [2.75, 3.05) is 13.6 Å². The summed E-state index contributed by atoms with van der Waals surface area (Å²) < 4.78 is 6.39. The summed E-state index contributed by atoms with van der Waals surface area (Å²) in [6, 6.07) is 3.13. The van der Waals surface area contributed by atoms with E-state index in [4.69, 9.17) is 16.3 Å². The molecule has 130 valence electrons. The van der Waals surface area contributed by atoms with E-state index in [-0.39, 0.29) is 5.69 Å². The fourth-order valence-electron chi connectivity index (χ4n) is 3.74. The van der Waals surface area contributed by atoms with Crippen LogP contribution in [0.3, 0.4) is 0 Å². The molecule has 1 fully saturated rings. The summed E-state index contributed by atoms with van der Waals surface area (Å²) in [6.45, 7) is 3.07. The SMILES string of the molecule is CCCCN(C)C12CCCCC1=Cc1cc(Cl)cc([N+](=O)[O-])c1O2. The molecule has 0 radical (unpaired) electrons. The van der Waals surface area contributed by atoms with E-state index in [1.807, 2.05) is 0 Å². The van der Waals surface area contributed by atoms with E-state index in [1.54, 1.807) is 6.07 Å². The largest absolute Gasteiger partial charge is 0.461 e. The number of nitrogens with zero attached hydrogens (tertiary/aromatic N) is 2. The van der Waals surface area contributed by atoms with E-state index in [2.05, 4.69) is 24.9 Å². The van der Waals surface area contributed by atoms with Crippen LogP contribution in [0.25, 0.3) is 6.08 Å². The minimum atomic E-state index is -0.557. The average Bonchev–Trinajstić information content (AvgIpc) is 2.56. The van der Waals surface area contributed by atoms with Crippen molar-refractivity contribution in [2.45, 2.75) is 51.2 Å². The molecule has 1 aliphatic heterocycles. The van der Waals surface area contributed by atoms with Gasteiger partial charge in [0.1, 0.15) is 0 Å². The molecule has 0 saturated heterocycles. The molecule has 24 heavy (non-hydrogen) atoms. The number of nitro groups is 1. The molecule has 1 heterocycles. The molecule has 1 aromatic rings. The lowest BCUT2D eigenvalue weighted by Crippen LogP contribution is -2.55. The molecule has 0 amide bonds. The van der Waals surface area contributed by atoms with Crippen LogP contribution < -0.4 is 4.74 Å². The fourth-order valence-corrected chi connectivity index (χ4v) is 3.96. The van der Waals surface area contributed by atoms with Gasteiger partial charge in [-0.05, 0) is 50.4 Å². The standard InChI is InChI=1S/C18H23ClN2O3/c1-3-4-9-20(2)18-8-6-5-7-14(18)10-13-11-15(19)12-16(21(22)23)17(13)24-18/h10-12H,3-9H2,1-2H3. The zero-order valence-corrected chi connectivity index (χ0v) is 14.9. The first-order chi connectivity index (χ1) is 11.5. The Bertz CT molecular complexity index is 689. The first-order valence-corrected chi connectivity index (χ1v) is 8.95. The van der Waals surface area contributed by atoms with Crippen LogP contribution in [0.5, 0.6) is 5.75 Å². The first kappa shape index (κ1) is 17.2. The van der Waals surface area contributed by atoms with Crippen molar-refractivity contribution in [1.82, 2.24) is 4.90 Å². The predicted octanol–water partition coefficient (Wildman–Crippen LogP) is 5.03. The molecule has 6 heteroatoms. The number of likely N-dealkylation sites (N-methyl/N-ethyl adjacent to an activating group) is 1. The lowest BCUT2D eigenvalue weighted by Gasteiger charge is -2.48. The third-order valence-electron chi connectivity index (χ3n) is 5.04. The van der Waals surface area contributed by atoms with Crippen LogP contribution in [-0.4, -0.2) is 29.1 Å². The Morgan fingerprint density at radius 2 is 2.21 bits per heavy atom. The number of fused-ring (bicyclic) bond motifs is 2. The van der Waals surface area contributed by atoms with Crippen molar-refractivity contribution in [2.24, 2.45) is 0 Å². The Hall–Kier alpha value is -1.59. The smallest absolute Gasteiger partial charge is 0.313 e. The lowest BCUT2D eigenvalue weighted by atomic mass is 9.82. The van der Waals surface area contributed by atoms with Crippen molar-refractivity contribution < 1.29 is 9.66 Å². The monoisotopic (exact) mass is 350 g/mol. The molecule has 0 aromatic heterocycles. The van der Waals surface area contributed by atoms with E-state index in [1.165, 1.54) is 11.6 Å². The van der Waals surface area contributed by atoms with Crippen molar-refractivity contribution in [3.05, 3.63) is 38.4 Å². The Labute approximate surface area is 147 Å². The van der Waals surface area contributed by atoms with Gasteiger partial charge in [0.25, 0.3) is 0 Å². The summed E-state index contributed by atoms with van der Waals surface area (Å²) in [7, 11) is 2.06. The van der Waals surface area contributed by atoms with Gasteiger partial charge >= 0.3 is 5.69 Å². The molecule has 1 atom stereocenters. The predicted molar refractivity (Wildman–Crippen MR) is 95.4 cm³/mol. The second-order valence-corrected chi connectivity index (χ2v) is 7.08. The Kier molecular flexibility index (Phi) is 4.83. The number of halogens is 1. The topological polar surface area (TPSA) is 55.6 Å². The van der Waals surface area contributed by atoms with Gasteiger partial charge in [-0.2, -0.15) is 0 Å². The fraction of sp³-hybridized carbons (Fsp3) is 0.556. The molecule has 1 aliphatic carbocycles. The number of nitro benzene ring substituents is 1. The van der Waals surface area contributed by atoms with Crippen LogP contribution in [0.2, 0.25) is 5.02 Å². The second kappa shape index (κ2) is 6.73. The third kappa shape index (κ3) is 2.91. The molecule has 1 aromatic carbocycles. The van der Waals surface area contributed by atoms with Crippen molar-refractivity contribution in [3.8, 4) is 5.75 Å². The van der Waals surface area contributed by atoms with Crippen molar-refractivity contribution in [3.63, 3.8) is 0 Å². The van der Waals surface area contributed by atoms with Gasteiger partial charge in [-0.1, -0.05) is 24.9 Å². The summed E-state index contributed by atoms with van der Waals surface area (Å²) in [5, 5.41) is 11.8. The third-order valence-corrected chi connectivity index (χ3v) is 5.26. The summed E-state index contributed by atoms with van der Waals surface area (Å²) >= 11 is 6.07. The van der Waals surface area contributed by atoms with E-state index >= 15 is 0 Å². The molecule has 0 N–H and O–H groups in total. The number of hydrogen-bond acceptors (Lipinski definition) is 4. The Morgan fingerprint density at radius 1 is 1.42 bits per heavy atom. The van der Waals surface area contributed by atoms with Gasteiger partial charge in [0, 0.05) is 29.6 Å². The molecule has 1 saturated carbocycles. The highest BCUT2D eigenvalue weighted by Crippen LogP contribution is 2.49. The van der Waals surface area contributed by atoms with Crippen LogP contribution in [0, 0.1) is 10.1 Å². The van der Waals surface area contributed by atoms with Crippen LogP contribution in [-0.2, 0) is 0 Å². The molecule has 2 aliphatic rings. The van der Waals surface area contributed by atoms with E-state index in [0.717, 1.165) is 45.1 Å². The van der Waals surface area contributed by atoms with Gasteiger partial charge < -0.3 is 4.74 Å². The van der Waals surface area contributed by atoms with Crippen LogP contribution in [0.1, 0.15) is 51.0 Å². The highest BCUT2D eigenvalue weighted by Gasteiger charge is 2.46. The summed E-state index contributed by atoms with van der Waals surface area (Å²) in [6.07, 6.45) is 8.23. The number of hydrogen-bond donors (Lipinski definition) is 0.